The quantitative estimate of drug-likeness (QED) is 0.551. The number of hydrogen-bond donors (Lipinski definition) is 3. The smallest absolute Gasteiger partial charge is 0.319 e. The number of halogens is 1. The number of nitro benzene ring substituents is 1. The molecule has 0 radical (unpaired) electrons. The molecule has 3 amide bonds. The highest BCUT2D eigenvalue weighted by Crippen LogP contribution is 2.30. The van der Waals surface area contributed by atoms with Crippen LogP contribution >= 0.6 is 11.6 Å². The van der Waals surface area contributed by atoms with Gasteiger partial charge in [0.1, 0.15) is 0 Å². The molecule has 138 valence electrons. The molecule has 2 aromatic rings. The van der Waals surface area contributed by atoms with Gasteiger partial charge in [-0.05, 0) is 30.7 Å². The van der Waals surface area contributed by atoms with Crippen molar-refractivity contribution in [3.8, 4) is 0 Å². The Morgan fingerprint density at radius 3 is 2.67 bits per heavy atom. The van der Waals surface area contributed by atoms with E-state index in [0.29, 0.717) is 22.0 Å². The van der Waals surface area contributed by atoms with Crippen LogP contribution in [0.15, 0.2) is 59.8 Å². The van der Waals surface area contributed by atoms with Crippen LogP contribution in [0, 0.1) is 10.1 Å². The predicted molar refractivity (Wildman–Crippen MR) is 100 cm³/mol. The van der Waals surface area contributed by atoms with Crippen LogP contribution in [0.2, 0.25) is 5.02 Å². The minimum atomic E-state index is -0.835. The number of allylic oxidation sites excluding steroid dienone is 1. The van der Waals surface area contributed by atoms with Gasteiger partial charge < -0.3 is 16.0 Å². The molecule has 3 N–H and O–H groups in total. The molecular formula is C18H15ClN4O4. The van der Waals surface area contributed by atoms with E-state index in [-0.39, 0.29) is 11.3 Å². The van der Waals surface area contributed by atoms with Crippen LogP contribution in [0.3, 0.4) is 0 Å². The third kappa shape index (κ3) is 4.06. The van der Waals surface area contributed by atoms with Gasteiger partial charge in [-0.25, -0.2) is 4.79 Å². The van der Waals surface area contributed by atoms with E-state index in [0.717, 1.165) is 0 Å². The van der Waals surface area contributed by atoms with E-state index in [1.807, 2.05) is 0 Å². The highest BCUT2D eigenvalue weighted by molar-refractivity contribution is 6.31. The van der Waals surface area contributed by atoms with Gasteiger partial charge in [-0.2, -0.15) is 0 Å². The first-order valence-electron chi connectivity index (χ1n) is 7.94. The summed E-state index contributed by atoms with van der Waals surface area (Å²) in [5, 5.41) is 19.4. The lowest BCUT2D eigenvalue weighted by Crippen LogP contribution is -2.46. The molecule has 0 spiro atoms. The van der Waals surface area contributed by atoms with Crippen molar-refractivity contribution in [2.75, 3.05) is 5.32 Å². The molecule has 1 atom stereocenters. The van der Waals surface area contributed by atoms with Crippen LogP contribution in [0.1, 0.15) is 18.5 Å². The molecular weight excluding hydrogens is 372 g/mol. The third-order valence-corrected chi connectivity index (χ3v) is 4.25. The van der Waals surface area contributed by atoms with E-state index in [9.17, 15) is 19.7 Å². The molecule has 2 aromatic carbocycles. The molecule has 27 heavy (non-hydrogen) atoms. The maximum atomic E-state index is 12.9. The number of urea groups is 1. The van der Waals surface area contributed by atoms with Crippen LogP contribution in [0.4, 0.5) is 16.2 Å². The molecule has 0 fully saturated rings. The molecule has 1 aliphatic rings. The van der Waals surface area contributed by atoms with E-state index in [1.54, 1.807) is 37.3 Å². The summed E-state index contributed by atoms with van der Waals surface area (Å²) < 4.78 is 0. The first kappa shape index (κ1) is 18.4. The number of nitro groups is 1. The Bertz CT molecular complexity index is 973. The first-order valence-corrected chi connectivity index (χ1v) is 8.32. The highest BCUT2D eigenvalue weighted by Gasteiger charge is 2.32. The fraction of sp³-hybridized carbons (Fsp3) is 0.111. The van der Waals surface area contributed by atoms with Crippen LogP contribution in [-0.2, 0) is 4.79 Å². The molecule has 0 saturated carbocycles. The van der Waals surface area contributed by atoms with Crippen molar-refractivity contribution in [3.05, 3.63) is 80.5 Å². The lowest BCUT2D eigenvalue weighted by molar-refractivity contribution is -0.384. The Hall–Kier alpha value is -3.39. The second-order valence-electron chi connectivity index (χ2n) is 5.89. The van der Waals surface area contributed by atoms with Gasteiger partial charge in [-0.15, -0.1) is 0 Å². The molecule has 1 aliphatic heterocycles. The van der Waals surface area contributed by atoms with Crippen molar-refractivity contribution in [1.29, 1.82) is 0 Å². The zero-order chi connectivity index (χ0) is 19.6. The number of amides is 3. The van der Waals surface area contributed by atoms with Gasteiger partial charge >= 0.3 is 6.03 Å². The van der Waals surface area contributed by atoms with Gasteiger partial charge in [-0.3, -0.25) is 14.9 Å². The number of anilines is 1. The largest absolute Gasteiger partial charge is 0.327 e. The van der Waals surface area contributed by atoms with E-state index < -0.39 is 22.9 Å². The van der Waals surface area contributed by atoms with Gasteiger partial charge in [0, 0.05) is 28.5 Å². The number of rotatable bonds is 4. The second kappa shape index (κ2) is 7.46. The van der Waals surface area contributed by atoms with Crippen LogP contribution < -0.4 is 16.0 Å². The summed E-state index contributed by atoms with van der Waals surface area (Å²) in [5.41, 5.74) is 1.38. The number of carbonyl (C=O) groups excluding carboxylic acids is 2. The Kier molecular flexibility index (Phi) is 5.09. The molecule has 9 heteroatoms. The summed E-state index contributed by atoms with van der Waals surface area (Å²) in [4.78, 5) is 35.3. The summed E-state index contributed by atoms with van der Waals surface area (Å²) in [7, 11) is 0. The molecule has 0 bridgehead atoms. The third-order valence-electron chi connectivity index (χ3n) is 4.01. The minimum Gasteiger partial charge on any atom is -0.327 e. The summed E-state index contributed by atoms with van der Waals surface area (Å²) >= 11 is 5.94. The summed E-state index contributed by atoms with van der Waals surface area (Å²) in [6.07, 6.45) is 0. The number of carbonyl (C=O) groups is 2. The zero-order valence-electron chi connectivity index (χ0n) is 14.2. The van der Waals surface area contributed by atoms with E-state index >= 15 is 0 Å². The van der Waals surface area contributed by atoms with Crippen LogP contribution in [-0.4, -0.2) is 16.9 Å². The van der Waals surface area contributed by atoms with E-state index in [4.69, 9.17) is 11.6 Å². The van der Waals surface area contributed by atoms with Crippen LogP contribution in [0.5, 0.6) is 0 Å². The van der Waals surface area contributed by atoms with Crippen molar-refractivity contribution in [2.24, 2.45) is 0 Å². The zero-order valence-corrected chi connectivity index (χ0v) is 14.9. The molecule has 1 heterocycles. The number of nitrogens with zero attached hydrogens (tertiary/aromatic N) is 1. The number of nitrogens with one attached hydrogen (secondary N) is 3. The van der Waals surface area contributed by atoms with Crippen molar-refractivity contribution in [2.45, 2.75) is 13.0 Å². The van der Waals surface area contributed by atoms with Crippen LogP contribution in [0.25, 0.3) is 0 Å². The number of non-ortho nitro benzene ring substituents is 1. The topological polar surface area (TPSA) is 113 Å². The lowest BCUT2D eigenvalue weighted by Gasteiger charge is -2.28. The average molecular weight is 387 g/mol. The monoisotopic (exact) mass is 386 g/mol. The van der Waals surface area contributed by atoms with Gasteiger partial charge in [0.2, 0.25) is 0 Å². The predicted octanol–water partition coefficient (Wildman–Crippen LogP) is 3.51. The Balaban J connectivity index is 1.98. The van der Waals surface area contributed by atoms with Crippen molar-refractivity contribution in [3.63, 3.8) is 0 Å². The number of benzene rings is 2. The average Bonchev–Trinajstić information content (AvgIpc) is 2.61. The summed E-state index contributed by atoms with van der Waals surface area (Å²) in [6.45, 7) is 1.59. The van der Waals surface area contributed by atoms with E-state index in [2.05, 4.69) is 16.0 Å². The standard InChI is InChI=1S/C18H15ClN4O4/c1-10-15(17(24)21-13-6-3-5-12(19)9-13)16(22-18(25)20-10)11-4-2-7-14(8-11)23(26)27/h2-9,16H,1H3,(H,21,24)(H2,20,22,25)/t16-/m0/s1. The normalized spacial score (nSPS) is 16.4. The van der Waals surface area contributed by atoms with Crippen molar-refractivity contribution >= 4 is 34.9 Å². The minimum absolute atomic E-state index is 0.132. The fourth-order valence-electron chi connectivity index (χ4n) is 2.83. The molecule has 0 saturated heterocycles. The Morgan fingerprint density at radius 2 is 1.96 bits per heavy atom. The van der Waals surface area contributed by atoms with Gasteiger partial charge in [0.25, 0.3) is 11.6 Å². The molecule has 0 aliphatic carbocycles. The fourth-order valence-corrected chi connectivity index (χ4v) is 3.02. The van der Waals surface area contributed by atoms with Gasteiger partial charge in [0.15, 0.2) is 0 Å². The van der Waals surface area contributed by atoms with E-state index in [1.165, 1.54) is 18.2 Å². The lowest BCUT2D eigenvalue weighted by atomic mass is 9.94. The maximum Gasteiger partial charge on any atom is 0.319 e. The Labute approximate surface area is 159 Å². The summed E-state index contributed by atoms with van der Waals surface area (Å²) in [5.74, 6) is -0.459. The molecule has 3 rings (SSSR count). The van der Waals surface area contributed by atoms with Crippen molar-refractivity contribution in [1.82, 2.24) is 10.6 Å². The summed E-state index contributed by atoms with van der Waals surface area (Å²) in [6, 6.07) is 11.1. The van der Waals surface area contributed by atoms with Gasteiger partial charge in [0.05, 0.1) is 16.5 Å². The van der Waals surface area contributed by atoms with Gasteiger partial charge in [-0.1, -0.05) is 29.8 Å². The molecule has 0 aromatic heterocycles. The Morgan fingerprint density at radius 1 is 1.22 bits per heavy atom. The SMILES string of the molecule is CC1=C(C(=O)Nc2cccc(Cl)c2)[C@H](c2cccc([N+](=O)[O-])c2)NC(=O)N1. The molecule has 8 nitrogen and oxygen atoms in total. The first-order chi connectivity index (χ1) is 12.8. The maximum absolute atomic E-state index is 12.9. The van der Waals surface area contributed by atoms with Crippen molar-refractivity contribution < 1.29 is 14.5 Å². The second-order valence-corrected chi connectivity index (χ2v) is 6.32. The molecule has 0 unspecified atom stereocenters. The number of hydrogen-bond acceptors (Lipinski definition) is 4. The highest BCUT2D eigenvalue weighted by atomic mass is 35.5.